The summed E-state index contributed by atoms with van der Waals surface area (Å²) in [6.07, 6.45) is 1.83. The van der Waals surface area contributed by atoms with Crippen molar-refractivity contribution in [2.45, 2.75) is 70.8 Å². The second-order valence-electron chi connectivity index (χ2n) is 9.53. The van der Waals surface area contributed by atoms with E-state index in [0.29, 0.717) is 18.8 Å². The highest BCUT2D eigenvalue weighted by atomic mass is 19.4. The van der Waals surface area contributed by atoms with Gasteiger partial charge in [0.2, 0.25) is 0 Å². The van der Waals surface area contributed by atoms with Gasteiger partial charge in [-0.05, 0) is 50.3 Å². The fourth-order valence-corrected chi connectivity index (χ4v) is 4.53. The van der Waals surface area contributed by atoms with Gasteiger partial charge in [-0.3, -0.25) is 0 Å². The van der Waals surface area contributed by atoms with Crippen molar-refractivity contribution < 1.29 is 26.7 Å². The number of benzene rings is 1. The Morgan fingerprint density at radius 3 is 2.59 bits per heavy atom. The van der Waals surface area contributed by atoms with Gasteiger partial charge in [-0.15, -0.1) is 0 Å². The molecule has 0 bridgehead atoms. The highest BCUT2D eigenvalue weighted by Crippen LogP contribution is 2.40. The lowest BCUT2D eigenvalue weighted by atomic mass is 9.92. The summed E-state index contributed by atoms with van der Waals surface area (Å²) in [6.45, 7) is 0.653. The number of hydrogen-bond donors (Lipinski definition) is 1. The number of fused-ring (bicyclic) bond motifs is 1. The van der Waals surface area contributed by atoms with E-state index >= 15 is 0 Å². The largest absolute Gasteiger partial charge is 0.435 e. The van der Waals surface area contributed by atoms with E-state index in [1.54, 1.807) is 18.3 Å². The fraction of sp³-hybridized carbons (Fsp3) is 0.519. The van der Waals surface area contributed by atoms with Crippen molar-refractivity contribution in [1.29, 1.82) is 0 Å². The van der Waals surface area contributed by atoms with Crippen LogP contribution in [0.5, 0.6) is 5.75 Å². The van der Waals surface area contributed by atoms with Crippen LogP contribution in [0.15, 0.2) is 35.0 Å². The van der Waals surface area contributed by atoms with Crippen LogP contribution in [0.4, 0.5) is 22.0 Å². The Bertz CT molecular complexity index is 1250. The molecule has 1 aromatic heterocycles. The maximum Gasteiger partial charge on any atom is 0.403 e. The maximum atomic E-state index is 13.0. The van der Waals surface area contributed by atoms with E-state index < -0.39 is 18.8 Å². The topological polar surface area (TPSA) is 41.8 Å². The van der Waals surface area contributed by atoms with Crippen LogP contribution >= 0.6 is 0 Å². The number of ether oxygens (including phenoxy) is 1. The van der Waals surface area contributed by atoms with Crippen LogP contribution in [0.2, 0.25) is 0 Å². The lowest BCUT2D eigenvalue weighted by Crippen LogP contribution is -2.42. The van der Waals surface area contributed by atoms with Crippen molar-refractivity contribution in [3.63, 3.8) is 0 Å². The lowest BCUT2D eigenvalue weighted by Gasteiger charge is -2.33. The molecule has 1 fully saturated rings. The molecule has 1 aliphatic heterocycles. The first-order valence-electron chi connectivity index (χ1n) is 12.5. The Kier molecular flexibility index (Phi) is 8.12. The zero-order chi connectivity index (χ0) is 26.7. The number of aromatic nitrogens is 1. The third kappa shape index (κ3) is 5.93. The van der Waals surface area contributed by atoms with Gasteiger partial charge >= 0.3 is 12.8 Å². The van der Waals surface area contributed by atoms with Crippen LogP contribution in [-0.4, -0.2) is 54.3 Å². The predicted molar refractivity (Wildman–Crippen MR) is 134 cm³/mol. The molecule has 0 amide bonds. The summed E-state index contributed by atoms with van der Waals surface area (Å²) in [6, 6.07) is 3.44. The number of alkyl halides is 5. The summed E-state index contributed by atoms with van der Waals surface area (Å²) in [5, 5.41) is 3.34. The van der Waals surface area contributed by atoms with Crippen molar-refractivity contribution in [2.75, 3.05) is 20.1 Å². The molecule has 1 saturated carbocycles. The molecule has 37 heavy (non-hydrogen) atoms. The Labute approximate surface area is 213 Å². The van der Waals surface area contributed by atoms with Gasteiger partial charge in [0.25, 0.3) is 0 Å². The second-order valence-corrected chi connectivity index (χ2v) is 9.53. The first-order chi connectivity index (χ1) is 17.6. The van der Waals surface area contributed by atoms with Gasteiger partial charge < -0.3 is 19.5 Å². The summed E-state index contributed by atoms with van der Waals surface area (Å²) < 4.78 is 71.4. The molecule has 1 N–H and O–H groups in total. The third-order valence-electron chi connectivity index (χ3n) is 6.74. The molecule has 2 heterocycles. The molecule has 2 aromatic rings. The van der Waals surface area contributed by atoms with Crippen LogP contribution in [0.25, 0.3) is 10.9 Å². The molecule has 5 nitrogen and oxygen atoms in total. The number of hydrogen-bond acceptors (Lipinski definition) is 4. The van der Waals surface area contributed by atoms with Crippen molar-refractivity contribution in [3.8, 4) is 17.6 Å². The molecule has 1 atom stereocenters. The molecule has 1 unspecified atom stereocenters. The molecule has 4 rings (SSSR count). The van der Waals surface area contributed by atoms with Gasteiger partial charge in [0.1, 0.15) is 17.5 Å². The number of unbranched alkanes of at least 4 members (excludes halogenated alkanes) is 1. The van der Waals surface area contributed by atoms with Gasteiger partial charge in [-0.1, -0.05) is 18.8 Å². The van der Waals surface area contributed by atoms with E-state index in [-0.39, 0.29) is 18.3 Å². The van der Waals surface area contributed by atoms with Crippen molar-refractivity contribution in [3.05, 3.63) is 41.2 Å². The van der Waals surface area contributed by atoms with Crippen LogP contribution in [-0.2, 0) is 0 Å². The van der Waals surface area contributed by atoms with E-state index in [1.807, 2.05) is 18.9 Å². The number of halogens is 5. The highest BCUT2D eigenvalue weighted by molar-refractivity contribution is 6.07. The summed E-state index contributed by atoms with van der Waals surface area (Å²) in [4.78, 5) is 6.58. The number of nitrogens with one attached hydrogen (secondary N) is 1. The Hall–Kier alpha value is -3.06. The standard InChI is InChI=1S/C27H31F5N4O/c1-4-5-6-10-22-21-12-11-20(37-26(28)29)13-23(21)36(19-8-7-9-19)24(22)25-34-15-18(16-35(25)3)14-33-17(2)27(30,31)32/h11-13,15,17,19,26,33H,4-5,7-9,14,16H2,1-3H3. The molecular formula is C27H31F5N4O. The second kappa shape index (κ2) is 11.1. The van der Waals surface area contributed by atoms with E-state index in [9.17, 15) is 22.0 Å². The zero-order valence-electron chi connectivity index (χ0n) is 21.1. The number of aliphatic imine (C=N–C) groups is 1. The van der Waals surface area contributed by atoms with Crippen LogP contribution < -0.4 is 10.1 Å². The van der Waals surface area contributed by atoms with Crippen LogP contribution in [0.1, 0.15) is 63.3 Å². The van der Waals surface area contributed by atoms with Gasteiger partial charge in [-0.2, -0.15) is 22.0 Å². The molecule has 1 aromatic carbocycles. The quantitative estimate of drug-likeness (QED) is 0.330. The minimum Gasteiger partial charge on any atom is -0.435 e. The molecule has 1 aliphatic carbocycles. The normalized spacial score (nSPS) is 17.3. The summed E-state index contributed by atoms with van der Waals surface area (Å²) in [5.74, 6) is 7.23. The van der Waals surface area contributed by atoms with Crippen LogP contribution in [0.3, 0.4) is 0 Å². The Morgan fingerprint density at radius 2 is 2.00 bits per heavy atom. The number of likely N-dealkylation sites (N-methyl/N-ethyl adjacent to an activating group) is 1. The first kappa shape index (κ1) is 27.0. The Balaban J connectivity index is 1.80. The number of nitrogens with zero attached hydrogens (tertiary/aromatic N) is 3. The maximum absolute atomic E-state index is 13.0. The zero-order valence-corrected chi connectivity index (χ0v) is 21.1. The third-order valence-corrected chi connectivity index (χ3v) is 6.74. The van der Waals surface area contributed by atoms with Crippen LogP contribution in [0, 0.1) is 11.8 Å². The van der Waals surface area contributed by atoms with E-state index in [0.717, 1.165) is 60.3 Å². The molecule has 0 spiro atoms. The fourth-order valence-electron chi connectivity index (χ4n) is 4.53. The average Bonchev–Trinajstić information content (AvgIpc) is 3.08. The van der Waals surface area contributed by atoms with Crippen molar-refractivity contribution >= 4 is 16.7 Å². The Morgan fingerprint density at radius 1 is 1.24 bits per heavy atom. The van der Waals surface area contributed by atoms with E-state index in [2.05, 4.69) is 31.5 Å². The van der Waals surface area contributed by atoms with Gasteiger partial charge in [0.05, 0.1) is 11.1 Å². The average molecular weight is 523 g/mol. The van der Waals surface area contributed by atoms with Gasteiger partial charge in [0, 0.05) is 50.3 Å². The number of amidine groups is 1. The first-order valence-corrected chi connectivity index (χ1v) is 12.5. The number of rotatable bonds is 8. The predicted octanol–water partition coefficient (Wildman–Crippen LogP) is 6.24. The highest BCUT2D eigenvalue weighted by Gasteiger charge is 2.36. The molecule has 0 saturated heterocycles. The van der Waals surface area contributed by atoms with E-state index in [1.165, 1.54) is 6.07 Å². The minimum atomic E-state index is -4.32. The molecular weight excluding hydrogens is 491 g/mol. The van der Waals surface area contributed by atoms with Gasteiger partial charge in [-0.25, -0.2) is 4.99 Å². The van der Waals surface area contributed by atoms with E-state index in [4.69, 9.17) is 0 Å². The van der Waals surface area contributed by atoms with Crippen molar-refractivity contribution in [2.24, 2.45) is 4.99 Å². The lowest BCUT2D eigenvalue weighted by molar-refractivity contribution is -0.151. The summed E-state index contributed by atoms with van der Waals surface area (Å²) in [5.41, 5.74) is 3.04. The molecule has 200 valence electrons. The SMILES string of the molecule is CCCC#Cc1c(C2=NC=C(CNC(C)C(F)(F)F)CN2C)n(C2CCC2)c2cc(OC(F)F)ccc12. The van der Waals surface area contributed by atoms with Crippen molar-refractivity contribution in [1.82, 2.24) is 14.8 Å². The smallest absolute Gasteiger partial charge is 0.403 e. The monoisotopic (exact) mass is 522 g/mol. The summed E-state index contributed by atoms with van der Waals surface area (Å²) in [7, 11) is 1.84. The minimum absolute atomic E-state index is 0.0604. The summed E-state index contributed by atoms with van der Waals surface area (Å²) >= 11 is 0. The molecule has 10 heteroatoms. The molecule has 0 radical (unpaired) electrons. The molecule has 2 aliphatic rings. The van der Waals surface area contributed by atoms with Gasteiger partial charge in [0.15, 0.2) is 5.84 Å².